The van der Waals surface area contributed by atoms with E-state index in [4.69, 9.17) is 9.47 Å². The molecule has 0 aromatic heterocycles. The summed E-state index contributed by atoms with van der Waals surface area (Å²) in [6.45, 7) is 12.7. The maximum Gasteiger partial charge on any atom is 0.249 e. The average molecular weight is 592 g/mol. The maximum atomic E-state index is 12.8. The van der Waals surface area contributed by atoms with Gasteiger partial charge in [0.1, 0.15) is 6.10 Å². The number of rotatable bonds is 19. The van der Waals surface area contributed by atoms with Gasteiger partial charge in [0.2, 0.25) is 17.7 Å². The fourth-order valence-corrected chi connectivity index (χ4v) is 5.58. The number of nitrogens with zero attached hydrogens (tertiary/aromatic N) is 2. The van der Waals surface area contributed by atoms with E-state index in [1.54, 1.807) is 18.7 Å². The molecule has 2 aliphatic rings. The second kappa shape index (κ2) is 19.4. The van der Waals surface area contributed by atoms with Gasteiger partial charge in [-0.05, 0) is 46.0 Å². The largest absolute Gasteiger partial charge is 0.353 e. The van der Waals surface area contributed by atoms with Gasteiger partial charge in [-0.3, -0.25) is 14.4 Å². The monoisotopic (exact) mass is 591 g/mol. The topological polar surface area (TPSA) is 88.2 Å². The Kier molecular flexibility index (Phi) is 16.7. The van der Waals surface area contributed by atoms with Gasteiger partial charge in [-0.15, -0.1) is 0 Å². The van der Waals surface area contributed by atoms with Crippen molar-refractivity contribution >= 4 is 17.7 Å². The zero-order chi connectivity index (χ0) is 30.8. The van der Waals surface area contributed by atoms with Gasteiger partial charge >= 0.3 is 0 Å². The van der Waals surface area contributed by atoms with Gasteiger partial charge in [-0.25, -0.2) is 0 Å². The predicted molar refractivity (Wildman–Crippen MR) is 169 cm³/mol. The number of nitrogens with one attached hydrogen (secondary N) is 1. The summed E-state index contributed by atoms with van der Waals surface area (Å²) in [6, 6.07) is 0. The zero-order valence-corrected chi connectivity index (χ0v) is 27.5. The van der Waals surface area contributed by atoms with Crippen LogP contribution in [0.15, 0.2) is 12.2 Å². The minimum absolute atomic E-state index is 0.00661. The average Bonchev–Trinajstić information content (AvgIpc) is 2.96. The highest BCUT2D eigenvalue weighted by Crippen LogP contribution is 2.34. The molecule has 0 saturated carbocycles. The third-order valence-electron chi connectivity index (χ3n) is 8.42. The summed E-state index contributed by atoms with van der Waals surface area (Å²) in [5.41, 5.74) is -0.448. The van der Waals surface area contributed by atoms with Crippen LogP contribution in [0.4, 0.5) is 0 Å². The third kappa shape index (κ3) is 14.0. The fourth-order valence-electron chi connectivity index (χ4n) is 5.58. The molecule has 0 aliphatic carbocycles. The van der Waals surface area contributed by atoms with E-state index < -0.39 is 17.3 Å². The molecule has 0 aromatic rings. The summed E-state index contributed by atoms with van der Waals surface area (Å²) in [4.78, 5) is 41.8. The first-order valence-corrected chi connectivity index (χ1v) is 16.9. The molecule has 242 valence electrons. The first-order valence-electron chi connectivity index (χ1n) is 16.9. The van der Waals surface area contributed by atoms with Crippen molar-refractivity contribution in [3.05, 3.63) is 12.2 Å². The number of unbranched alkanes of at least 4 members (excludes halogenated alkanes) is 11. The Bertz CT molecular complexity index is 833. The van der Waals surface area contributed by atoms with E-state index >= 15 is 0 Å². The van der Waals surface area contributed by atoms with Gasteiger partial charge in [0, 0.05) is 51.0 Å². The third-order valence-corrected chi connectivity index (χ3v) is 8.42. The molecule has 2 saturated heterocycles. The SMILES string of the molecule is CCCCCCCCC=CCCCCCCCC(=O)N1CCN(C(=O)CCNC(=O)C2OC(C)(C)OCC2(C)C)CC1. The first-order chi connectivity index (χ1) is 20.1. The zero-order valence-electron chi connectivity index (χ0n) is 27.5. The maximum absolute atomic E-state index is 12.8. The van der Waals surface area contributed by atoms with Crippen molar-refractivity contribution in [1.82, 2.24) is 15.1 Å². The summed E-state index contributed by atoms with van der Waals surface area (Å²) < 4.78 is 11.6. The normalized spacial score (nSPS) is 20.2. The fraction of sp³-hybridized carbons (Fsp3) is 0.853. The summed E-state index contributed by atoms with van der Waals surface area (Å²) in [5.74, 6) is -0.814. The molecule has 42 heavy (non-hydrogen) atoms. The van der Waals surface area contributed by atoms with E-state index in [2.05, 4.69) is 24.4 Å². The second-order valence-corrected chi connectivity index (χ2v) is 13.3. The van der Waals surface area contributed by atoms with Gasteiger partial charge in [-0.1, -0.05) is 84.3 Å². The van der Waals surface area contributed by atoms with Gasteiger partial charge < -0.3 is 24.6 Å². The molecule has 8 nitrogen and oxygen atoms in total. The minimum Gasteiger partial charge on any atom is -0.353 e. The molecule has 2 heterocycles. The van der Waals surface area contributed by atoms with Gasteiger partial charge in [0.25, 0.3) is 0 Å². The number of allylic oxidation sites excluding steroid dienone is 2. The van der Waals surface area contributed by atoms with E-state index in [9.17, 15) is 14.4 Å². The molecular formula is C34H61N3O5. The molecule has 2 aliphatic heterocycles. The van der Waals surface area contributed by atoms with Crippen LogP contribution in [-0.2, 0) is 23.9 Å². The molecule has 1 unspecified atom stereocenters. The molecule has 3 amide bonds. The number of ether oxygens (including phenoxy) is 2. The van der Waals surface area contributed by atoms with Crippen molar-refractivity contribution in [3.8, 4) is 0 Å². The molecular weight excluding hydrogens is 530 g/mol. The number of piperazine rings is 1. The molecule has 8 heteroatoms. The highest BCUT2D eigenvalue weighted by Gasteiger charge is 2.45. The van der Waals surface area contributed by atoms with Crippen molar-refractivity contribution in [2.45, 2.75) is 143 Å². The molecule has 2 rings (SSSR count). The van der Waals surface area contributed by atoms with Crippen molar-refractivity contribution < 1.29 is 23.9 Å². The minimum atomic E-state index is -0.811. The molecule has 1 atom stereocenters. The van der Waals surface area contributed by atoms with Crippen molar-refractivity contribution in [2.24, 2.45) is 5.41 Å². The Hall–Kier alpha value is -1.93. The lowest BCUT2D eigenvalue weighted by Crippen LogP contribution is -2.56. The van der Waals surface area contributed by atoms with E-state index in [0.29, 0.717) is 39.2 Å². The van der Waals surface area contributed by atoms with Crippen LogP contribution in [0.3, 0.4) is 0 Å². The molecule has 0 aromatic carbocycles. The Morgan fingerprint density at radius 2 is 1.24 bits per heavy atom. The number of carbonyl (C=O) groups excluding carboxylic acids is 3. The van der Waals surface area contributed by atoms with E-state index in [1.165, 1.54) is 70.6 Å². The van der Waals surface area contributed by atoms with Crippen LogP contribution >= 0.6 is 0 Å². The quantitative estimate of drug-likeness (QED) is 0.139. The Morgan fingerprint density at radius 1 is 0.738 bits per heavy atom. The summed E-state index contributed by atoms with van der Waals surface area (Å²) in [5, 5.41) is 2.87. The van der Waals surface area contributed by atoms with Gasteiger partial charge in [0.05, 0.1) is 6.61 Å². The molecule has 0 bridgehead atoms. The van der Waals surface area contributed by atoms with Crippen molar-refractivity contribution in [2.75, 3.05) is 39.3 Å². The molecule has 1 N–H and O–H groups in total. The van der Waals surface area contributed by atoms with Crippen LogP contribution in [0, 0.1) is 5.41 Å². The lowest BCUT2D eigenvalue weighted by molar-refractivity contribution is -0.304. The van der Waals surface area contributed by atoms with Crippen molar-refractivity contribution in [1.29, 1.82) is 0 Å². The van der Waals surface area contributed by atoms with Crippen molar-refractivity contribution in [3.63, 3.8) is 0 Å². The van der Waals surface area contributed by atoms with Gasteiger partial charge in [0.15, 0.2) is 5.79 Å². The number of amides is 3. The standard InChI is InChI=1S/C34H61N3O5/c1-6-7-8-9-10-11-12-13-14-15-16-17-18-19-20-21-29(38)36-24-26-37(27-25-36)30(39)22-23-35-32(40)31-33(2,3)28-41-34(4,5)42-31/h13-14,31H,6-12,15-28H2,1-5H3,(H,35,40). The van der Waals surface area contributed by atoms with Gasteiger partial charge in [-0.2, -0.15) is 0 Å². The molecule has 0 spiro atoms. The smallest absolute Gasteiger partial charge is 0.249 e. The molecule has 0 radical (unpaired) electrons. The van der Waals surface area contributed by atoms with Crippen LogP contribution in [0.5, 0.6) is 0 Å². The lowest BCUT2D eigenvalue weighted by atomic mass is 9.85. The van der Waals surface area contributed by atoms with Crippen LogP contribution in [0.25, 0.3) is 0 Å². The number of hydrogen-bond donors (Lipinski definition) is 1. The first kappa shape index (κ1) is 36.3. The van der Waals surface area contributed by atoms with Crippen LogP contribution in [0.2, 0.25) is 0 Å². The van der Waals surface area contributed by atoms with E-state index in [1.807, 2.05) is 18.7 Å². The lowest BCUT2D eigenvalue weighted by Gasteiger charge is -2.44. The van der Waals surface area contributed by atoms with Crippen LogP contribution in [-0.4, -0.2) is 78.7 Å². The Labute approximate surface area is 256 Å². The Morgan fingerprint density at radius 3 is 1.81 bits per heavy atom. The van der Waals surface area contributed by atoms with E-state index in [-0.39, 0.29) is 30.7 Å². The highest BCUT2D eigenvalue weighted by molar-refractivity contribution is 5.83. The molecule has 2 fully saturated rings. The van der Waals surface area contributed by atoms with E-state index in [0.717, 1.165) is 12.8 Å². The predicted octanol–water partition coefficient (Wildman–Crippen LogP) is 6.38. The number of carbonyl (C=O) groups is 3. The second-order valence-electron chi connectivity index (χ2n) is 13.3. The van der Waals surface area contributed by atoms with Crippen LogP contribution in [0.1, 0.15) is 131 Å². The summed E-state index contributed by atoms with van der Waals surface area (Å²) >= 11 is 0. The number of hydrogen-bond acceptors (Lipinski definition) is 5. The summed E-state index contributed by atoms with van der Waals surface area (Å²) in [7, 11) is 0. The van der Waals surface area contributed by atoms with Crippen LogP contribution < -0.4 is 5.32 Å². The summed E-state index contributed by atoms with van der Waals surface area (Å²) in [6.07, 6.45) is 21.1. The highest BCUT2D eigenvalue weighted by atomic mass is 16.7. The Balaban J connectivity index is 1.48.